The number of hydrogen-bond donors (Lipinski definition) is 0. The summed E-state index contributed by atoms with van der Waals surface area (Å²) in [7, 11) is 0. The molecule has 3 aromatic carbocycles. The highest BCUT2D eigenvalue weighted by Crippen LogP contribution is 2.12. The van der Waals surface area contributed by atoms with Crippen molar-refractivity contribution >= 4 is 23.1 Å². The van der Waals surface area contributed by atoms with Crippen LogP contribution in [0.5, 0.6) is 0 Å². The zero-order chi connectivity index (χ0) is 21.7. The highest BCUT2D eigenvalue weighted by Gasteiger charge is 1.92. The summed E-state index contributed by atoms with van der Waals surface area (Å²) in [6.45, 7) is 2.18. The maximum Gasteiger partial charge on any atom is 0.0740 e. The first-order valence-electron chi connectivity index (χ1n) is 10.2. The fourth-order valence-corrected chi connectivity index (χ4v) is 2.77. The second-order valence-electron chi connectivity index (χ2n) is 6.81. The predicted octanol–water partition coefficient (Wildman–Crippen LogP) is 6.76. The molecular weight excluding hydrogens is 394 g/mol. The molecule has 3 aromatic rings. The van der Waals surface area contributed by atoms with Gasteiger partial charge in [0.2, 0.25) is 0 Å². The molecule has 0 aliphatic heterocycles. The van der Waals surface area contributed by atoms with Crippen LogP contribution in [-0.4, -0.2) is 5.16 Å². The van der Waals surface area contributed by atoms with Crippen molar-refractivity contribution in [2.75, 3.05) is 0 Å². The average Bonchev–Trinajstić information content (AvgIpc) is 2.82. The summed E-state index contributed by atoms with van der Waals surface area (Å²) in [6.07, 6.45) is 3.28. The number of rotatable bonds is 3. The van der Waals surface area contributed by atoms with Crippen molar-refractivity contribution in [1.29, 1.82) is 0 Å². The summed E-state index contributed by atoms with van der Waals surface area (Å²) in [4.78, 5) is 3.94. The second-order valence-corrected chi connectivity index (χ2v) is 6.99. The summed E-state index contributed by atoms with van der Waals surface area (Å²) < 4.78 is 0. The summed E-state index contributed by atoms with van der Waals surface area (Å²) in [5.74, 6) is 19.1. The van der Waals surface area contributed by atoms with Gasteiger partial charge >= 0.3 is 0 Å². The van der Waals surface area contributed by atoms with Gasteiger partial charge in [0.15, 0.2) is 0 Å². The molecule has 0 atom stereocenters. The topological polar surface area (TPSA) is 12.4 Å². The highest BCUT2D eigenvalue weighted by molar-refractivity contribution is 7.78. The van der Waals surface area contributed by atoms with Crippen molar-refractivity contribution in [2.24, 2.45) is 4.99 Å². The molecule has 2 heteroatoms. The summed E-state index contributed by atoms with van der Waals surface area (Å²) >= 11 is 4.61. The minimum absolute atomic E-state index is 0.776. The Bertz CT molecular complexity index is 1240. The van der Waals surface area contributed by atoms with E-state index in [0.717, 1.165) is 46.3 Å². The number of benzene rings is 3. The Morgan fingerprint density at radius 1 is 0.613 bits per heavy atom. The van der Waals surface area contributed by atoms with E-state index in [2.05, 4.69) is 64.8 Å². The molecule has 0 N–H and O–H groups in total. The molecule has 0 bridgehead atoms. The van der Waals surface area contributed by atoms with Crippen molar-refractivity contribution in [1.82, 2.24) is 0 Å². The van der Waals surface area contributed by atoms with Crippen LogP contribution >= 0.6 is 12.2 Å². The Morgan fingerprint density at radius 3 is 1.39 bits per heavy atom. The van der Waals surface area contributed by atoms with Crippen LogP contribution in [0.25, 0.3) is 0 Å². The van der Waals surface area contributed by atoms with Crippen LogP contribution in [0.4, 0.5) is 5.69 Å². The molecule has 0 aromatic heterocycles. The quantitative estimate of drug-likeness (QED) is 0.199. The van der Waals surface area contributed by atoms with E-state index < -0.39 is 0 Å². The molecule has 1 nitrogen and oxygen atoms in total. The summed E-state index contributed by atoms with van der Waals surface area (Å²) in [6, 6.07) is 23.6. The molecule has 0 radical (unpaired) electrons. The van der Waals surface area contributed by atoms with E-state index in [1.165, 1.54) is 6.42 Å². The van der Waals surface area contributed by atoms with Gasteiger partial charge in [0.1, 0.15) is 0 Å². The van der Waals surface area contributed by atoms with Gasteiger partial charge in [-0.2, -0.15) is 4.99 Å². The van der Waals surface area contributed by atoms with Crippen LogP contribution in [0.3, 0.4) is 0 Å². The first-order chi connectivity index (χ1) is 15.3. The van der Waals surface area contributed by atoms with Gasteiger partial charge in [-0.25, -0.2) is 0 Å². The van der Waals surface area contributed by atoms with Crippen LogP contribution < -0.4 is 0 Å². The van der Waals surface area contributed by atoms with Crippen LogP contribution in [-0.2, 0) is 0 Å². The number of nitrogens with zero attached hydrogens (tertiary/aromatic N) is 1. The lowest BCUT2D eigenvalue weighted by atomic mass is 10.1. The molecule has 0 aliphatic rings. The van der Waals surface area contributed by atoms with Gasteiger partial charge in [0.25, 0.3) is 0 Å². The predicted molar refractivity (Wildman–Crippen MR) is 132 cm³/mol. The summed E-state index contributed by atoms with van der Waals surface area (Å²) in [5.41, 5.74) is 5.60. The van der Waals surface area contributed by atoms with E-state index in [1.54, 1.807) is 0 Å². The van der Waals surface area contributed by atoms with Crippen molar-refractivity contribution in [3.63, 3.8) is 0 Å². The third kappa shape index (κ3) is 7.48. The molecule has 0 heterocycles. The number of isothiocyanates is 1. The smallest absolute Gasteiger partial charge is 0.0740 e. The Morgan fingerprint density at radius 2 is 1.00 bits per heavy atom. The van der Waals surface area contributed by atoms with Gasteiger partial charge in [-0.3, -0.25) is 0 Å². The first-order valence-corrected chi connectivity index (χ1v) is 10.6. The lowest BCUT2D eigenvalue weighted by Gasteiger charge is -1.94. The number of aliphatic imine (C=N–C) groups is 1. The van der Waals surface area contributed by atoms with Crippen LogP contribution in [0, 0.1) is 35.5 Å². The van der Waals surface area contributed by atoms with Gasteiger partial charge in [0, 0.05) is 34.2 Å². The Kier molecular flexibility index (Phi) is 8.44. The molecule has 0 spiro atoms. The molecular formula is C29H21NS. The van der Waals surface area contributed by atoms with Gasteiger partial charge in [-0.05, 0) is 91.4 Å². The molecule has 0 aliphatic carbocycles. The van der Waals surface area contributed by atoms with E-state index in [-0.39, 0.29) is 0 Å². The molecule has 3 rings (SSSR count). The minimum Gasteiger partial charge on any atom is -0.195 e. The number of thiocarbonyl (C=S) groups is 1. The third-order valence-corrected chi connectivity index (χ3v) is 4.49. The molecule has 0 unspecified atom stereocenters. The fourth-order valence-electron chi connectivity index (χ4n) is 2.66. The van der Waals surface area contributed by atoms with E-state index in [1.807, 2.05) is 72.8 Å². The van der Waals surface area contributed by atoms with Gasteiger partial charge in [0.05, 0.1) is 10.8 Å². The van der Waals surface area contributed by atoms with Crippen LogP contribution in [0.2, 0.25) is 0 Å². The zero-order valence-electron chi connectivity index (χ0n) is 17.4. The standard InChI is InChI=1S/C29H21NS/c1-2-3-4-5-6-24-7-9-25(10-8-24)11-12-26-13-15-27(16-14-26)17-18-28-19-21-29(22-20-28)30-23-31/h7-10,13-16,19-22H,2-4H2,1H3. The first kappa shape index (κ1) is 21.8. The van der Waals surface area contributed by atoms with Crippen molar-refractivity contribution in [2.45, 2.75) is 26.2 Å². The van der Waals surface area contributed by atoms with Gasteiger partial charge < -0.3 is 0 Å². The van der Waals surface area contributed by atoms with Crippen molar-refractivity contribution in [3.8, 4) is 35.5 Å². The van der Waals surface area contributed by atoms with E-state index >= 15 is 0 Å². The average molecular weight is 416 g/mol. The molecule has 148 valence electrons. The minimum atomic E-state index is 0.776. The normalized spacial score (nSPS) is 9.06. The van der Waals surface area contributed by atoms with Crippen LogP contribution in [0.1, 0.15) is 54.0 Å². The second kappa shape index (κ2) is 12.0. The largest absolute Gasteiger partial charge is 0.195 e. The lowest BCUT2D eigenvalue weighted by molar-refractivity contribution is 0.828. The number of unbranched alkanes of at least 4 members (excludes halogenated alkanes) is 2. The monoisotopic (exact) mass is 415 g/mol. The Hall–Kier alpha value is -3.86. The lowest BCUT2D eigenvalue weighted by Crippen LogP contribution is -1.80. The Balaban J connectivity index is 1.62. The maximum atomic E-state index is 4.61. The summed E-state index contributed by atoms with van der Waals surface area (Å²) in [5, 5.41) is 2.36. The molecule has 31 heavy (non-hydrogen) atoms. The van der Waals surface area contributed by atoms with E-state index in [4.69, 9.17) is 0 Å². The SMILES string of the molecule is CCCCC#Cc1ccc(C#Cc2ccc(C#Cc3ccc(N=C=S)cc3)cc2)cc1. The number of hydrogen-bond acceptors (Lipinski definition) is 2. The zero-order valence-corrected chi connectivity index (χ0v) is 18.2. The highest BCUT2D eigenvalue weighted by atomic mass is 32.1. The van der Waals surface area contributed by atoms with Gasteiger partial charge in [-0.1, -0.05) is 48.9 Å². The van der Waals surface area contributed by atoms with Crippen LogP contribution in [0.15, 0.2) is 77.8 Å². The molecule has 0 amide bonds. The Labute approximate surface area is 190 Å². The third-order valence-electron chi connectivity index (χ3n) is 4.40. The van der Waals surface area contributed by atoms with E-state index in [0.29, 0.717) is 0 Å². The maximum absolute atomic E-state index is 4.61. The molecule has 0 saturated heterocycles. The fraction of sp³-hybridized carbons (Fsp3) is 0.138. The van der Waals surface area contributed by atoms with Crippen molar-refractivity contribution < 1.29 is 0 Å². The van der Waals surface area contributed by atoms with E-state index in [9.17, 15) is 0 Å². The van der Waals surface area contributed by atoms with Crippen molar-refractivity contribution in [3.05, 3.63) is 101 Å². The van der Waals surface area contributed by atoms with Gasteiger partial charge in [-0.15, -0.1) is 0 Å². The molecule has 0 fully saturated rings. The molecule has 0 saturated carbocycles.